The Morgan fingerprint density at radius 1 is 1.03 bits per heavy atom. The Kier molecular flexibility index (Phi) is 6.82. The highest BCUT2D eigenvalue weighted by Gasteiger charge is 2.45. The number of alkyl halides is 5. The summed E-state index contributed by atoms with van der Waals surface area (Å²) in [5.74, 6) is -0.940. The number of thiazole rings is 1. The zero-order valence-electron chi connectivity index (χ0n) is 15.4. The summed E-state index contributed by atoms with van der Waals surface area (Å²) in [5, 5.41) is 2.27. The molecule has 0 aliphatic rings. The predicted molar refractivity (Wildman–Crippen MR) is 114 cm³/mol. The van der Waals surface area contributed by atoms with Gasteiger partial charge >= 0.3 is 15.5 Å². The molecule has 0 fully saturated rings. The van der Waals surface area contributed by atoms with Crippen LogP contribution in [0.3, 0.4) is 0 Å². The van der Waals surface area contributed by atoms with Crippen molar-refractivity contribution in [1.29, 1.82) is 0 Å². The van der Waals surface area contributed by atoms with Gasteiger partial charge in [0.2, 0.25) is 4.33 Å². The smallest absolute Gasteiger partial charge is 0.352 e. The predicted octanol–water partition coefficient (Wildman–Crippen LogP) is 4.15. The molecular weight excluding hydrogens is 498 g/mol. The number of nitrogens with one attached hydrogen (secondary N) is 2. The van der Waals surface area contributed by atoms with Crippen LogP contribution in [0.2, 0.25) is 0 Å². The van der Waals surface area contributed by atoms with Crippen LogP contribution >= 0.6 is 34.5 Å². The molecule has 0 atom stereocenters. The number of carbonyl (C=O) groups is 1. The lowest BCUT2D eigenvalue weighted by Gasteiger charge is -2.16. The number of nitrogens with zero attached hydrogens (tertiary/aromatic N) is 1. The highest BCUT2D eigenvalue weighted by Crippen LogP contribution is 2.39. The fourth-order valence-corrected chi connectivity index (χ4v) is 4.48. The molecule has 0 radical (unpaired) electrons. The number of fused-ring (bicyclic) bond motifs is 1. The Morgan fingerprint density at radius 3 is 2.35 bits per heavy atom. The molecule has 3 aromatic rings. The first-order valence-corrected chi connectivity index (χ1v) is 11.7. The molecule has 1 heterocycles. The lowest BCUT2D eigenvalue weighted by Crippen LogP contribution is -2.43. The summed E-state index contributed by atoms with van der Waals surface area (Å²) >= 11 is 13.4. The number of hydrogen-bond donors (Lipinski definition) is 2. The second-order valence-corrected chi connectivity index (χ2v) is 10.4. The van der Waals surface area contributed by atoms with E-state index < -0.39 is 38.9 Å². The van der Waals surface area contributed by atoms with E-state index in [0.717, 1.165) is 27.2 Å². The topological polar surface area (TPSA) is 88.2 Å². The fourth-order valence-electron chi connectivity index (χ4n) is 2.52. The van der Waals surface area contributed by atoms with Crippen LogP contribution in [-0.4, -0.2) is 37.9 Å². The average molecular weight is 512 g/mol. The lowest BCUT2D eigenvalue weighted by atomic mass is 10.1. The van der Waals surface area contributed by atoms with Crippen LogP contribution in [0.4, 0.5) is 13.2 Å². The number of hydrogen-bond acceptors (Lipinski definition) is 5. The van der Waals surface area contributed by atoms with E-state index in [1.807, 2.05) is 42.5 Å². The molecule has 2 aromatic carbocycles. The molecule has 3 rings (SSSR count). The van der Waals surface area contributed by atoms with Crippen LogP contribution in [0.1, 0.15) is 5.01 Å². The second-order valence-electron chi connectivity index (χ2n) is 6.24. The molecule has 166 valence electrons. The third-order valence-corrected chi connectivity index (χ3v) is 7.31. The van der Waals surface area contributed by atoms with Crippen LogP contribution in [0.25, 0.3) is 21.3 Å². The first kappa shape index (κ1) is 23.7. The Bertz CT molecular complexity index is 1200. The maximum Gasteiger partial charge on any atom is 0.511 e. The number of benzene rings is 2. The SMILES string of the molecule is O=C(NCCNS(=O)(=O)C(F)(F)F)C(Cl)(Cl)c1nc2ccc(-c3ccccc3)cc2s1. The van der Waals surface area contributed by atoms with Crippen molar-refractivity contribution in [2.75, 3.05) is 13.1 Å². The zero-order valence-corrected chi connectivity index (χ0v) is 18.6. The summed E-state index contributed by atoms with van der Waals surface area (Å²) < 4.78 is 58.7. The molecule has 0 unspecified atom stereocenters. The second kappa shape index (κ2) is 8.91. The van der Waals surface area contributed by atoms with Crippen LogP contribution in [-0.2, 0) is 19.2 Å². The van der Waals surface area contributed by atoms with Crippen LogP contribution < -0.4 is 10.0 Å². The number of amides is 1. The highest BCUT2D eigenvalue weighted by atomic mass is 35.5. The van der Waals surface area contributed by atoms with Crippen molar-refractivity contribution in [2.45, 2.75) is 9.84 Å². The Morgan fingerprint density at radius 2 is 1.71 bits per heavy atom. The third kappa shape index (κ3) is 5.29. The fraction of sp³-hybridized carbons (Fsp3) is 0.222. The summed E-state index contributed by atoms with van der Waals surface area (Å²) in [5.41, 5.74) is -2.96. The van der Waals surface area contributed by atoms with E-state index in [1.165, 1.54) is 4.72 Å². The van der Waals surface area contributed by atoms with E-state index in [1.54, 1.807) is 6.07 Å². The number of rotatable bonds is 7. The minimum atomic E-state index is -5.51. The van der Waals surface area contributed by atoms with E-state index >= 15 is 0 Å². The van der Waals surface area contributed by atoms with E-state index in [9.17, 15) is 26.4 Å². The zero-order chi connectivity index (χ0) is 22.9. The van der Waals surface area contributed by atoms with Crippen molar-refractivity contribution in [3.8, 4) is 11.1 Å². The number of aromatic nitrogens is 1. The van der Waals surface area contributed by atoms with Gasteiger partial charge in [0.05, 0.1) is 10.2 Å². The first-order valence-electron chi connectivity index (χ1n) is 8.60. The molecule has 13 heteroatoms. The minimum absolute atomic E-state index is 0.0735. The normalized spacial score (nSPS) is 12.8. The van der Waals surface area contributed by atoms with Crippen LogP contribution in [0, 0.1) is 0 Å². The van der Waals surface area contributed by atoms with Crippen molar-refractivity contribution < 1.29 is 26.4 Å². The van der Waals surface area contributed by atoms with Gasteiger partial charge in [-0.15, -0.1) is 11.3 Å². The van der Waals surface area contributed by atoms with Crippen LogP contribution in [0.5, 0.6) is 0 Å². The van der Waals surface area contributed by atoms with Crippen molar-refractivity contribution in [3.63, 3.8) is 0 Å². The molecular formula is C18H14Cl2F3N3O3S2. The molecule has 0 aliphatic heterocycles. The van der Waals surface area contributed by atoms with E-state index in [2.05, 4.69) is 10.3 Å². The van der Waals surface area contributed by atoms with Crippen LogP contribution in [0.15, 0.2) is 48.5 Å². The molecule has 1 amide bonds. The van der Waals surface area contributed by atoms with Gasteiger partial charge in [0.25, 0.3) is 5.91 Å². The molecule has 2 N–H and O–H groups in total. The Hall–Kier alpha value is -1.92. The van der Waals surface area contributed by atoms with Crippen molar-refractivity contribution in [3.05, 3.63) is 53.5 Å². The molecule has 31 heavy (non-hydrogen) atoms. The molecule has 6 nitrogen and oxygen atoms in total. The van der Waals surface area contributed by atoms with Gasteiger partial charge in [0.1, 0.15) is 5.01 Å². The highest BCUT2D eigenvalue weighted by molar-refractivity contribution is 7.90. The van der Waals surface area contributed by atoms with E-state index in [-0.39, 0.29) is 5.01 Å². The lowest BCUT2D eigenvalue weighted by molar-refractivity contribution is -0.121. The van der Waals surface area contributed by atoms with Crippen molar-refractivity contribution >= 4 is 60.7 Å². The van der Waals surface area contributed by atoms with Gasteiger partial charge in [-0.3, -0.25) is 4.79 Å². The monoisotopic (exact) mass is 511 g/mol. The number of halogens is 5. The Balaban J connectivity index is 1.70. The summed E-state index contributed by atoms with van der Waals surface area (Å²) in [6.45, 7) is -1.16. The average Bonchev–Trinajstić information content (AvgIpc) is 3.15. The summed E-state index contributed by atoms with van der Waals surface area (Å²) in [6, 6.07) is 15.1. The van der Waals surface area contributed by atoms with Crippen molar-refractivity contribution in [1.82, 2.24) is 15.0 Å². The van der Waals surface area contributed by atoms with Gasteiger partial charge < -0.3 is 5.32 Å². The summed E-state index contributed by atoms with van der Waals surface area (Å²) in [6.07, 6.45) is 0. The molecule has 0 saturated carbocycles. The van der Waals surface area contributed by atoms with Gasteiger partial charge in [-0.25, -0.2) is 18.1 Å². The molecule has 1 aromatic heterocycles. The number of sulfonamides is 1. The molecule has 0 saturated heterocycles. The minimum Gasteiger partial charge on any atom is -0.352 e. The van der Waals surface area contributed by atoms with E-state index in [0.29, 0.717) is 5.52 Å². The Labute approximate surface area is 189 Å². The largest absolute Gasteiger partial charge is 0.511 e. The maximum atomic E-state index is 12.3. The third-order valence-electron chi connectivity index (χ3n) is 4.06. The molecule has 0 aliphatic carbocycles. The van der Waals surface area contributed by atoms with Gasteiger partial charge in [0, 0.05) is 13.1 Å². The number of carbonyl (C=O) groups excluding carboxylic acids is 1. The van der Waals surface area contributed by atoms with Gasteiger partial charge in [0.15, 0.2) is 0 Å². The standard InChI is InChI=1S/C18H14Cl2F3N3O3S2/c19-17(20,15(27)24-8-9-25-31(28,29)18(21,22)23)16-26-13-7-6-12(10-14(13)30-16)11-4-2-1-3-5-11/h1-7,10,25H,8-9H2,(H,24,27). The first-order chi connectivity index (χ1) is 14.4. The van der Waals surface area contributed by atoms with E-state index in [4.69, 9.17) is 23.2 Å². The summed E-state index contributed by atoms with van der Waals surface area (Å²) in [7, 11) is -5.51. The quantitative estimate of drug-likeness (QED) is 0.368. The maximum absolute atomic E-state index is 12.3. The van der Waals surface area contributed by atoms with Gasteiger partial charge in [-0.2, -0.15) is 13.2 Å². The van der Waals surface area contributed by atoms with Gasteiger partial charge in [-0.05, 0) is 23.3 Å². The molecule has 0 spiro atoms. The van der Waals surface area contributed by atoms with Gasteiger partial charge in [-0.1, -0.05) is 59.6 Å². The summed E-state index contributed by atoms with van der Waals surface area (Å²) in [4.78, 5) is 16.6. The van der Waals surface area contributed by atoms with Crippen molar-refractivity contribution in [2.24, 2.45) is 0 Å². The molecule has 0 bridgehead atoms.